The maximum Gasteiger partial charge on any atom is 0.0104 e. The fourth-order valence-corrected chi connectivity index (χ4v) is 2.49. The molecule has 0 heterocycles. The predicted molar refractivity (Wildman–Crippen MR) is 69.8 cm³/mol. The van der Waals surface area contributed by atoms with Gasteiger partial charge in [-0.2, -0.15) is 0 Å². The summed E-state index contributed by atoms with van der Waals surface area (Å²) in [4.78, 5) is 1.44. The fourth-order valence-electron chi connectivity index (χ4n) is 1.42. The number of aryl methyl sites for hydroxylation is 2. The van der Waals surface area contributed by atoms with E-state index in [0.717, 1.165) is 13.1 Å². The Hall–Kier alpha value is -0.470. The van der Waals surface area contributed by atoms with E-state index in [9.17, 15) is 0 Å². The monoisotopic (exact) mass is 223 g/mol. The van der Waals surface area contributed by atoms with E-state index in [1.165, 1.54) is 28.2 Å². The molecule has 0 atom stereocenters. The molecule has 84 valence electrons. The Morgan fingerprint density at radius 1 is 1.27 bits per heavy atom. The van der Waals surface area contributed by atoms with Crippen LogP contribution in [0.1, 0.15) is 24.5 Å². The third-order valence-electron chi connectivity index (χ3n) is 2.35. The number of hydrogen-bond donors (Lipinski definition) is 1. The van der Waals surface area contributed by atoms with Crippen molar-refractivity contribution >= 4 is 11.8 Å². The summed E-state index contributed by atoms with van der Waals surface area (Å²) in [7, 11) is 0. The van der Waals surface area contributed by atoms with E-state index in [-0.39, 0.29) is 0 Å². The van der Waals surface area contributed by atoms with Crippen molar-refractivity contribution in [2.24, 2.45) is 0 Å². The van der Waals surface area contributed by atoms with Crippen LogP contribution in [0.3, 0.4) is 0 Å². The second-order valence-corrected chi connectivity index (χ2v) is 4.96. The molecule has 0 unspecified atom stereocenters. The van der Waals surface area contributed by atoms with Crippen molar-refractivity contribution in [2.75, 3.05) is 18.8 Å². The predicted octanol–water partition coefficient (Wildman–Crippen LogP) is 3.40. The smallest absolute Gasteiger partial charge is 0.0104 e. The van der Waals surface area contributed by atoms with E-state index in [1.54, 1.807) is 0 Å². The van der Waals surface area contributed by atoms with E-state index in [2.05, 4.69) is 44.3 Å². The van der Waals surface area contributed by atoms with Crippen LogP contribution in [0, 0.1) is 13.8 Å². The van der Waals surface area contributed by atoms with Crippen molar-refractivity contribution in [3.63, 3.8) is 0 Å². The molecular formula is C13H21NS. The molecule has 0 aliphatic rings. The number of nitrogens with one attached hydrogen (secondary N) is 1. The fraction of sp³-hybridized carbons (Fsp3) is 0.538. The first-order valence-corrected chi connectivity index (χ1v) is 6.63. The highest BCUT2D eigenvalue weighted by Crippen LogP contribution is 2.23. The molecule has 0 bridgehead atoms. The average Bonchev–Trinajstić information content (AvgIpc) is 2.23. The normalized spacial score (nSPS) is 10.6. The Labute approximate surface area is 97.7 Å². The standard InChI is InChI=1S/C13H21NS/c1-4-14-8-5-9-15-13-10-11(2)6-7-12(13)3/h6-7,10,14H,4-5,8-9H2,1-3H3. The zero-order valence-corrected chi connectivity index (χ0v) is 10.8. The number of rotatable bonds is 6. The first-order chi connectivity index (χ1) is 7.24. The first-order valence-electron chi connectivity index (χ1n) is 5.65. The van der Waals surface area contributed by atoms with Crippen molar-refractivity contribution in [2.45, 2.75) is 32.1 Å². The van der Waals surface area contributed by atoms with Gasteiger partial charge in [0.25, 0.3) is 0 Å². The number of benzene rings is 1. The minimum atomic E-state index is 1.08. The molecule has 0 aliphatic carbocycles. The highest BCUT2D eigenvalue weighted by atomic mass is 32.2. The summed E-state index contributed by atoms with van der Waals surface area (Å²) < 4.78 is 0. The molecule has 1 aromatic rings. The first kappa shape index (κ1) is 12.6. The highest BCUT2D eigenvalue weighted by molar-refractivity contribution is 7.99. The van der Waals surface area contributed by atoms with Gasteiger partial charge in [0.1, 0.15) is 0 Å². The molecule has 0 saturated heterocycles. The van der Waals surface area contributed by atoms with Crippen LogP contribution in [0.25, 0.3) is 0 Å². The quantitative estimate of drug-likeness (QED) is 0.586. The Bertz CT molecular complexity index is 297. The van der Waals surface area contributed by atoms with Crippen LogP contribution >= 0.6 is 11.8 Å². The van der Waals surface area contributed by atoms with Gasteiger partial charge in [-0.3, -0.25) is 0 Å². The van der Waals surface area contributed by atoms with Gasteiger partial charge in [0, 0.05) is 4.90 Å². The molecule has 1 nitrogen and oxygen atoms in total. The molecule has 0 radical (unpaired) electrons. The lowest BCUT2D eigenvalue weighted by atomic mass is 10.2. The van der Waals surface area contributed by atoms with E-state index < -0.39 is 0 Å². The minimum absolute atomic E-state index is 1.08. The van der Waals surface area contributed by atoms with Crippen LogP contribution in [0.2, 0.25) is 0 Å². The third-order valence-corrected chi connectivity index (χ3v) is 3.59. The molecule has 0 aromatic heterocycles. The van der Waals surface area contributed by atoms with E-state index in [4.69, 9.17) is 0 Å². The summed E-state index contributed by atoms with van der Waals surface area (Å²) >= 11 is 1.97. The molecule has 1 N–H and O–H groups in total. The van der Waals surface area contributed by atoms with Gasteiger partial charge in [0.2, 0.25) is 0 Å². The van der Waals surface area contributed by atoms with E-state index >= 15 is 0 Å². The van der Waals surface area contributed by atoms with E-state index in [0.29, 0.717) is 0 Å². The largest absolute Gasteiger partial charge is 0.317 e. The molecule has 0 amide bonds. The van der Waals surface area contributed by atoms with Crippen LogP contribution in [-0.4, -0.2) is 18.8 Å². The maximum atomic E-state index is 3.35. The molecule has 1 aromatic carbocycles. The minimum Gasteiger partial charge on any atom is -0.317 e. The Morgan fingerprint density at radius 2 is 2.07 bits per heavy atom. The van der Waals surface area contributed by atoms with E-state index in [1.807, 2.05) is 11.8 Å². The SMILES string of the molecule is CCNCCCSc1cc(C)ccc1C. The average molecular weight is 223 g/mol. The lowest BCUT2D eigenvalue weighted by molar-refractivity contribution is 0.707. The van der Waals surface area contributed by atoms with Crippen molar-refractivity contribution < 1.29 is 0 Å². The van der Waals surface area contributed by atoms with Crippen molar-refractivity contribution in [1.29, 1.82) is 0 Å². The summed E-state index contributed by atoms with van der Waals surface area (Å²) in [5.41, 5.74) is 2.75. The van der Waals surface area contributed by atoms with Gasteiger partial charge in [0.05, 0.1) is 0 Å². The Balaban J connectivity index is 2.33. The molecular weight excluding hydrogens is 202 g/mol. The lowest BCUT2D eigenvalue weighted by Gasteiger charge is -2.06. The summed E-state index contributed by atoms with van der Waals surface area (Å²) in [6, 6.07) is 6.67. The number of thioether (sulfide) groups is 1. The van der Waals surface area contributed by atoms with Gasteiger partial charge in [-0.05, 0) is 50.7 Å². The molecule has 0 spiro atoms. The third kappa shape index (κ3) is 4.72. The van der Waals surface area contributed by atoms with Crippen LogP contribution in [-0.2, 0) is 0 Å². The highest BCUT2D eigenvalue weighted by Gasteiger charge is 1.98. The lowest BCUT2D eigenvalue weighted by Crippen LogP contribution is -2.14. The van der Waals surface area contributed by atoms with Gasteiger partial charge in [-0.25, -0.2) is 0 Å². The molecule has 2 heteroatoms. The van der Waals surface area contributed by atoms with Crippen LogP contribution in [0.15, 0.2) is 23.1 Å². The zero-order valence-electron chi connectivity index (χ0n) is 9.97. The maximum absolute atomic E-state index is 3.35. The second kappa shape index (κ2) is 6.91. The van der Waals surface area contributed by atoms with Crippen LogP contribution < -0.4 is 5.32 Å². The van der Waals surface area contributed by atoms with Crippen molar-refractivity contribution in [1.82, 2.24) is 5.32 Å². The summed E-state index contributed by atoms with van der Waals surface area (Å²) in [6.45, 7) is 8.70. The second-order valence-electron chi connectivity index (χ2n) is 3.82. The molecule has 1 rings (SSSR count). The van der Waals surface area contributed by atoms with Gasteiger partial charge in [-0.15, -0.1) is 11.8 Å². The van der Waals surface area contributed by atoms with Crippen LogP contribution in [0.5, 0.6) is 0 Å². The molecule has 15 heavy (non-hydrogen) atoms. The van der Waals surface area contributed by atoms with Crippen LogP contribution in [0.4, 0.5) is 0 Å². The summed E-state index contributed by atoms with van der Waals surface area (Å²) in [5.74, 6) is 1.21. The topological polar surface area (TPSA) is 12.0 Å². The zero-order chi connectivity index (χ0) is 11.1. The molecule has 0 saturated carbocycles. The Morgan fingerprint density at radius 3 is 2.80 bits per heavy atom. The van der Waals surface area contributed by atoms with Crippen molar-refractivity contribution in [3.05, 3.63) is 29.3 Å². The summed E-state index contributed by atoms with van der Waals surface area (Å²) in [5, 5.41) is 3.35. The van der Waals surface area contributed by atoms with Gasteiger partial charge >= 0.3 is 0 Å². The summed E-state index contributed by atoms with van der Waals surface area (Å²) in [6.07, 6.45) is 1.24. The molecule has 0 aliphatic heterocycles. The van der Waals surface area contributed by atoms with Crippen molar-refractivity contribution in [3.8, 4) is 0 Å². The molecule has 0 fully saturated rings. The van der Waals surface area contributed by atoms with Gasteiger partial charge < -0.3 is 5.32 Å². The Kier molecular flexibility index (Phi) is 5.81. The van der Waals surface area contributed by atoms with Gasteiger partial charge in [0.15, 0.2) is 0 Å². The van der Waals surface area contributed by atoms with Gasteiger partial charge in [-0.1, -0.05) is 24.6 Å². The number of hydrogen-bond acceptors (Lipinski definition) is 2.